The van der Waals surface area contributed by atoms with Crippen LogP contribution in [-0.4, -0.2) is 125 Å². The van der Waals surface area contributed by atoms with Crippen LogP contribution in [0.25, 0.3) is 0 Å². The van der Waals surface area contributed by atoms with Gasteiger partial charge in [-0.05, 0) is 130 Å². The number of carboxylic acids is 1. The number of carboxylic acid groups (broad SMARTS) is 1. The highest BCUT2D eigenvalue weighted by Gasteiger charge is 2.41. The van der Waals surface area contributed by atoms with Gasteiger partial charge in [-0.15, -0.1) is 12.4 Å². The van der Waals surface area contributed by atoms with E-state index in [1.54, 1.807) is 20.8 Å². The molecular weight excluding hydrogens is 830 g/mol. The Morgan fingerprint density at radius 2 is 1.13 bits per heavy atom. The number of methoxy groups -OCH3 is 1. The maximum atomic E-state index is 11.9. The second-order valence-electron chi connectivity index (χ2n) is 17.8. The fourth-order valence-corrected chi connectivity index (χ4v) is 6.28. The molecule has 0 spiro atoms. The summed E-state index contributed by atoms with van der Waals surface area (Å²) >= 11 is 0. The van der Waals surface area contributed by atoms with Gasteiger partial charge in [0.1, 0.15) is 11.2 Å². The average Bonchev–Trinajstić information content (AvgIpc) is 3.21. The van der Waals surface area contributed by atoms with Crippen molar-refractivity contribution in [1.29, 1.82) is 0 Å². The number of alkyl carbamates (subject to hydrolysis) is 2. The maximum absolute atomic E-state index is 11.9. The number of rotatable bonds is 16. The van der Waals surface area contributed by atoms with Gasteiger partial charge in [-0.1, -0.05) is 19.9 Å². The van der Waals surface area contributed by atoms with Gasteiger partial charge in [-0.3, -0.25) is 19.2 Å². The smallest absolute Gasteiger partial charge is 0.407 e. The molecule has 0 unspecified atom stereocenters. The van der Waals surface area contributed by atoms with Crippen molar-refractivity contribution in [1.82, 2.24) is 10.6 Å². The van der Waals surface area contributed by atoms with E-state index in [4.69, 9.17) is 34.2 Å². The maximum Gasteiger partial charge on any atom is 0.407 e. The van der Waals surface area contributed by atoms with Crippen LogP contribution in [0.2, 0.25) is 0 Å². The van der Waals surface area contributed by atoms with E-state index in [0.717, 1.165) is 58.2 Å². The Labute approximate surface area is 376 Å². The fraction of sp³-hybridized carbons (Fsp3) is 0.818. The summed E-state index contributed by atoms with van der Waals surface area (Å²) in [5, 5.41) is 14.7. The number of nitrogens with two attached hydrogens (primary N) is 1. The van der Waals surface area contributed by atoms with Crippen LogP contribution in [0.15, 0.2) is 12.7 Å². The van der Waals surface area contributed by atoms with E-state index < -0.39 is 34.8 Å². The SMILES string of the molecule is C=CC(C)=O.CC(C)(C)OC(=O)NCC1(C(=O)O)CCOCC1.CCCCOC(=O)CCC1(CNC(=O)OC(C)(C)C)CCOCC1.COC(=O)CCC1(CN)CCOCC1.Cl. The number of halogens is 1. The molecule has 3 saturated heterocycles. The highest BCUT2D eigenvalue weighted by atomic mass is 35.5. The van der Waals surface area contributed by atoms with Crippen LogP contribution in [0.3, 0.4) is 0 Å². The summed E-state index contributed by atoms with van der Waals surface area (Å²) in [6.07, 6.45) is 8.89. The Bertz CT molecular complexity index is 1330. The number of carbonyl (C=O) groups is 6. The lowest BCUT2D eigenvalue weighted by molar-refractivity contribution is -0.154. The van der Waals surface area contributed by atoms with Crippen molar-refractivity contribution in [2.75, 3.05) is 73.0 Å². The van der Waals surface area contributed by atoms with Crippen LogP contribution < -0.4 is 16.4 Å². The van der Waals surface area contributed by atoms with Gasteiger partial charge in [0, 0.05) is 65.6 Å². The van der Waals surface area contributed by atoms with E-state index in [0.29, 0.717) is 78.2 Å². The number of hydrogen-bond acceptors (Lipinski definition) is 14. The van der Waals surface area contributed by atoms with Crippen molar-refractivity contribution in [3.8, 4) is 0 Å². The quantitative estimate of drug-likeness (QED) is 0.0546. The first-order valence-corrected chi connectivity index (χ1v) is 21.5. The molecule has 0 atom stereocenters. The van der Waals surface area contributed by atoms with E-state index in [1.807, 2.05) is 20.8 Å². The number of allylic oxidation sites excluding steroid dienone is 1. The van der Waals surface area contributed by atoms with Crippen molar-refractivity contribution in [3.63, 3.8) is 0 Å². The normalized spacial score (nSPS) is 17.3. The number of carbonyl (C=O) groups excluding carboxylic acids is 5. The predicted octanol–water partition coefficient (Wildman–Crippen LogP) is 6.70. The Morgan fingerprint density at radius 1 is 0.726 bits per heavy atom. The van der Waals surface area contributed by atoms with Gasteiger partial charge in [-0.25, -0.2) is 9.59 Å². The molecule has 0 aromatic carbocycles. The van der Waals surface area contributed by atoms with Gasteiger partial charge in [0.2, 0.25) is 0 Å². The molecular formula is C44H80ClN3O14. The van der Waals surface area contributed by atoms with E-state index in [2.05, 4.69) is 28.9 Å². The zero-order chi connectivity index (χ0) is 46.6. The number of esters is 2. The lowest BCUT2D eigenvalue weighted by atomic mass is 9.76. The van der Waals surface area contributed by atoms with Crippen molar-refractivity contribution < 1.29 is 67.0 Å². The van der Waals surface area contributed by atoms with Crippen molar-refractivity contribution in [2.45, 2.75) is 144 Å². The molecule has 17 nitrogen and oxygen atoms in total. The minimum absolute atomic E-state index is 0. The first kappa shape index (κ1) is 60.6. The molecule has 3 fully saturated rings. The van der Waals surface area contributed by atoms with E-state index in [-0.39, 0.29) is 47.5 Å². The minimum atomic E-state index is -0.935. The molecule has 18 heteroatoms. The molecule has 3 aliphatic heterocycles. The second kappa shape index (κ2) is 31.4. The number of nitrogens with one attached hydrogen (secondary N) is 2. The Kier molecular flexibility index (Phi) is 30.6. The summed E-state index contributed by atoms with van der Waals surface area (Å²) in [5.41, 5.74) is 3.70. The van der Waals surface area contributed by atoms with Gasteiger partial charge in [0.25, 0.3) is 0 Å². The van der Waals surface area contributed by atoms with E-state index in [1.165, 1.54) is 20.1 Å². The standard InChI is InChI=1S/C18H33NO5.C12H21NO5.C10H19NO3.C4H6O.ClH/c1-5-6-11-23-15(20)7-8-18(9-12-22-13-10-18)14-19-16(21)24-17(2,3)4;1-11(2,3)18-10(16)13-8-12(9(14)15)4-6-17-7-5-12;1-13-9(12)2-3-10(8-11)4-6-14-7-5-10;1-3-4(2)5;/h5-14H2,1-4H3,(H,19,21);4-8H2,1-3H3,(H,13,16)(H,14,15);2-8,11H2,1H3;3H,1H2,2H3;1H. The van der Waals surface area contributed by atoms with Gasteiger partial charge < -0.3 is 54.6 Å². The van der Waals surface area contributed by atoms with Crippen LogP contribution in [0, 0.1) is 16.2 Å². The molecule has 3 heterocycles. The molecule has 3 rings (SSSR count). The Hall–Kier alpha value is -3.51. The van der Waals surface area contributed by atoms with E-state index >= 15 is 0 Å². The topological polar surface area (TPSA) is 237 Å². The van der Waals surface area contributed by atoms with Crippen LogP contribution >= 0.6 is 12.4 Å². The molecule has 62 heavy (non-hydrogen) atoms. The molecule has 0 bridgehead atoms. The highest BCUT2D eigenvalue weighted by molar-refractivity contribution is 5.86. The molecule has 0 aliphatic carbocycles. The third kappa shape index (κ3) is 28.2. The largest absolute Gasteiger partial charge is 0.481 e. The number of ether oxygens (including phenoxy) is 7. The van der Waals surface area contributed by atoms with Gasteiger partial charge >= 0.3 is 30.1 Å². The second-order valence-corrected chi connectivity index (χ2v) is 17.8. The van der Waals surface area contributed by atoms with Crippen LogP contribution in [0.5, 0.6) is 0 Å². The number of hydrogen-bond donors (Lipinski definition) is 4. The third-order valence-corrected chi connectivity index (χ3v) is 10.4. The predicted molar refractivity (Wildman–Crippen MR) is 237 cm³/mol. The lowest BCUT2D eigenvalue weighted by Crippen LogP contribution is -2.47. The molecule has 0 radical (unpaired) electrons. The van der Waals surface area contributed by atoms with Gasteiger partial charge in [-0.2, -0.15) is 0 Å². The molecule has 2 amide bonds. The molecule has 0 aromatic rings. The van der Waals surface area contributed by atoms with Crippen molar-refractivity contribution in [2.24, 2.45) is 22.0 Å². The zero-order valence-electron chi connectivity index (χ0n) is 39.1. The Morgan fingerprint density at radius 3 is 1.52 bits per heavy atom. The van der Waals surface area contributed by atoms with Gasteiger partial charge in [0.05, 0.1) is 19.1 Å². The summed E-state index contributed by atoms with van der Waals surface area (Å²) in [4.78, 5) is 67.3. The minimum Gasteiger partial charge on any atom is -0.481 e. The molecule has 362 valence electrons. The summed E-state index contributed by atoms with van der Waals surface area (Å²) in [6, 6.07) is 0. The van der Waals surface area contributed by atoms with Crippen molar-refractivity contribution in [3.05, 3.63) is 12.7 Å². The number of amides is 2. The number of unbranched alkanes of at least 4 members (excludes halogenated alkanes) is 1. The lowest BCUT2D eigenvalue weighted by Gasteiger charge is -2.37. The van der Waals surface area contributed by atoms with Gasteiger partial charge in [0.15, 0.2) is 5.78 Å². The summed E-state index contributed by atoms with van der Waals surface area (Å²) in [5.74, 6) is -1.19. The third-order valence-electron chi connectivity index (χ3n) is 10.4. The first-order chi connectivity index (χ1) is 28.5. The van der Waals surface area contributed by atoms with E-state index in [9.17, 15) is 33.9 Å². The molecule has 3 aliphatic rings. The molecule has 5 N–H and O–H groups in total. The Balaban J connectivity index is 0. The average molecular weight is 911 g/mol. The van der Waals surface area contributed by atoms with Crippen LogP contribution in [-0.2, 0) is 52.3 Å². The van der Waals surface area contributed by atoms with Crippen molar-refractivity contribution >= 4 is 48.3 Å². The summed E-state index contributed by atoms with van der Waals surface area (Å²) < 4.78 is 36.1. The molecule has 0 saturated carbocycles. The van der Waals surface area contributed by atoms with Crippen LogP contribution in [0.4, 0.5) is 9.59 Å². The first-order valence-electron chi connectivity index (χ1n) is 21.5. The zero-order valence-corrected chi connectivity index (χ0v) is 39.9. The number of ketones is 1. The number of aliphatic carboxylic acids is 1. The highest BCUT2D eigenvalue weighted by Crippen LogP contribution is 2.36. The summed E-state index contributed by atoms with van der Waals surface area (Å²) in [7, 11) is 1.42. The molecule has 0 aromatic heterocycles. The fourth-order valence-electron chi connectivity index (χ4n) is 6.28. The monoisotopic (exact) mass is 910 g/mol. The van der Waals surface area contributed by atoms with Crippen LogP contribution in [0.1, 0.15) is 132 Å². The summed E-state index contributed by atoms with van der Waals surface area (Å²) in [6.45, 7) is 22.8.